The highest BCUT2D eigenvalue weighted by Gasteiger charge is 2.11. The number of halogens is 1. The molecule has 2 N–H and O–H groups in total. The third-order valence-electron chi connectivity index (χ3n) is 3.07. The molecule has 0 aliphatic rings. The molecule has 2 rings (SSSR count). The Morgan fingerprint density at radius 1 is 1.04 bits per heavy atom. The Bertz CT molecular complexity index is 693. The topological polar surface area (TPSA) is 42.5 Å². The summed E-state index contributed by atoms with van der Waals surface area (Å²) in [7, 11) is 3.13. The first-order chi connectivity index (χ1) is 11.1. The number of methoxy groups -OCH3 is 2. The Hall–Kier alpha value is -1.63. The van der Waals surface area contributed by atoms with Gasteiger partial charge in [0.1, 0.15) is 11.5 Å². The number of nitrogens with one attached hydrogen (secondary N) is 2. The molecule has 23 heavy (non-hydrogen) atoms. The van der Waals surface area contributed by atoms with Crippen LogP contribution >= 0.6 is 35.6 Å². The SMILES string of the molecule is COc1cc(OC)c(NC(=S)Nc2ccc(SC)cc2)cc1Cl. The van der Waals surface area contributed by atoms with Crippen molar-refractivity contribution in [3.8, 4) is 11.5 Å². The minimum absolute atomic E-state index is 0.446. The van der Waals surface area contributed by atoms with Crippen molar-refractivity contribution in [2.24, 2.45) is 0 Å². The van der Waals surface area contributed by atoms with Crippen molar-refractivity contribution in [2.45, 2.75) is 4.90 Å². The number of benzene rings is 2. The molecule has 0 spiro atoms. The Balaban J connectivity index is 2.11. The van der Waals surface area contributed by atoms with Gasteiger partial charge >= 0.3 is 0 Å². The third-order valence-corrected chi connectivity index (χ3v) is 4.31. The lowest BCUT2D eigenvalue weighted by Crippen LogP contribution is -2.19. The average Bonchev–Trinajstić information content (AvgIpc) is 2.55. The molecule has 122 valence electrons. The zero-order valence-electron chi connectivity index (χ0n) is 13.0. The molecule has 0 aliphatic heterocycles. The molecule has 2 aromatic rings. The number of ether oxygens (including phenoxy) is 2. The van der Waals surface area contributed by atoms with E-state index in [2.05, 4.69) is 10.6 Å². The van der Waals surface area contributed by atoms with Gasteiger partial charge in [-0.25, -0.2) is 0 Å². The maximum absolute atomic E-state index is 6.15. The van der Waals surface area contributed by atoms with Crippen LogP contribution in [0.4, 0.5) is 11.4 Å². The summed E-state index contributed by atoms with van der Waals surface area (Å²) in [6, 6.07) is 11.4. The van der Waals surface area contributed by atoms with Gasteiger partial charge in [-0.3, -0.25) is 0 Å². The predicted molar refractivity (Wildman–Crippen MR) is 103 cm³/mol. The molecule has 0 unspecified atom stereocenters. The lowest BCUT2D eigenvalue weighted by atomic mass is 10.2. The van der Waals surface area contributed by atoms with Crippen molar-refractivity contribution < 1.29 is 9.47 Å². The molecular formula is C16H17ClN2O2S2. The fraction of sp³-hybridized carbons (Fsp3) is 0.188. The van der Waals surface area contributed by atoms with Gasteiger partial charge in [0, 0.05) is 16.6 Å². The number of hydrogen-bond acceptors (Lipinski definition) is 4. The second kappa shape index (κ2) is 8.29. The van der Waals surface area contributed by atoms with Gasteiger partial charge in [0.25, 0.3) is 0 Å². The van der Waals surface area contributed by atoms with Crippen LogP contribution in [0.25, 0.3) is 0 Å². The van der Waals surface area contributed by atoms with E-state index in [1.807, 2.05) is 30.5 Å². The van der Waals surface area contributed by atoms with Gasteiger partial charge < -0.3 is 20.1 Å². The van der Waals surface area contributed by atoms with Crippen LogP contribution in [0.1, 0.15) is 0 Å². The van der Waals surface area contributed by atoms with E-state index in [1.54, 1.807) is 38.1 Å². The fourth-order valence-electron chi connectivity index (χ4n) is 1.92. The predicted octanol–water partition coefficient (Wildman–Crippen LogP) is 4.89. The number of hydrogen-bond donors (Lipinski definition) is 2. The maximum atomic E-state index is 6.15. The Morgan fingerprint density at radius 3 is 2.26 bits per heavy atom. The maximum Gasteiger partial charge on any atom is 0.175 e. The molecule has 4 nitrogen and oxygen atoms in total. The highest BCUT2D eigenvalue weighted by atomic mass is 35.5. The zero-order chi connectivity index (χ0) is 16.8. The number of rotatable bonds is 5. The lowest BCUT2D eigenvalue weighted by molar-refractivity contribution is 0.396. The zero-order valence-corrected chi connectivity index (χ0v) is 15.4. The number of thiocarbonyl (C=S) groups is 1. The minimum Gasteiger partial charge on any atom is -0.495 e. The molecule has 0 bridgehead atoms. The summed E-state index contributed by atoms with van der Waals surface area (Å²) in [5.41, 5.74) is 1.57. The monoisotopic (exact) mass is 368 g/mol. The number of anilines is 2. The van der Waals surface area contributed by atoms with E-state index >= 15 is 0 Å². The van der Waals surface area contributed by atoms with Gasteiger partial charge in [-0.05, 0) is 48.8 Å². The van der Waals surface area contributed by atoms with Crippen LogP contribution < -0.4 is 20.1 Å². The number of thioether (sulfide) groups is 1. The average molecular weight is 369 g/mol. The summed E-state index contributed by atoms with van der Waals surface area (Å²) in [6.07, 6.45) is 2.04. The summed E-state index contributed by atoms with van der Waals surface area (Å²) >= 11 is 13.2. The molecule has 0 aliphatic carbocycles. The summed E-state index contributed by atoms with van der Waals surface area (Å²) in [5.74, 6) is 1.13. The first-order valence-corrected chi connectivity index (χ1v) is 8.72. The quantitative estimate of drug-likeness (QED) is 0.578. The summed E-state index contributed by atoms with van der Waals surface area (Å²) in [5, 5.41) is 7.12. The first-order valence-electron chi connectivity index (χ1n) is 6.71. The van der Waals surface area contributed by atoms with Gasteiger partial charge in [0.05, 0.1) is 24.9 Å². The Kier molecular flexibility index (Phi) is 6.38. The van der Waals surface area contributed by atoms with Gasteiger partial charge in [0.15, 0.2) is 5.11 Å². The summed E-state index contributed by atoms with van der Waals surface area (Å²) < 4.78 is 10.5. The van der Waals surface area contributed by atoms with Crippen molar-refractivity contribution in [3.05, 3.63) is 41.4 Å². The van der Waals surface area contributed by atoms with E-state index in [9.17, 15) is 0 Å². The normalized spacial score (nSPS) is 10.1. The highest BCUT2D eigenvalue weighted by Crippen LogP contribution is 2.35. The van der Waals surface area contributed by atoms with Crippen LogP contribution in [0.5, 0.6) is 11.5 Å². The standard InChI is InChI=1S/C16H17ClN2O2S2/c1-20-14-9-15(21-2)13(8-12(14)17)19-16(22)18-10-4-6-11(23-3)7-5-10/h4-9H,1-3H3,(H2,18,19,22). The second-order valence-corrected chi connectivity index (χ2v) is 6.19. The van der Waals surface area contributed by atoms with Crippen LogP contribution in [0, 0.1) is 0 Å². The van der Waals surface area contributed by atoms with Crippen LogP contribution in [0.2, 0.25) is 5.02 Å². The molecule has 0 heterocycles. The molecule has 0 saturated carbocycles. The van der Waals surface area contributed by atoms with Gasteiger partial charge in [-0.15, -0.1) is 11.8 Å². The second-order valence-electron chi connectivity index (χ2n) is 4.49. The Morgan fingerprint density at radius 2 is 1.70 bits per heavy atom. The summed E-state index contributed by atoms with van der Waals surface area (Å²) in [6.45, 7) is 0. The largest absolute Gasteiger partial charge is 0.495 e. The van der Waals surface area contributed by atoms with E-state index < -0.39 is 0 Å². The third kappa shape index (κ3) is 4.67. The van der Waals surface area contributed by atoms with E-state index in [1.165, 1.54) is 4.90 Å². The van der Waals surface area contributed by atoms with Crippen molar-refractivity contribution in [3.63, 3.8) is 0 Å². The summed E-state index contributed by atoms with van der Waals surface area (Å²) in [4.78, 5) is 1.19. The molecule has 0 amide bonds. The van der Waals surface area contributed by atoms with E-state index in [4.69, 9.17) is 33.3 Å². The van der Waals surface area contributed by atoms with Crippen molar-refractivity contribution in [2.75, 3.05) is 31.1 Å². The molecule has 0 atom stereocenters. The lowest BCUT2D eigenvalue weighted by Gasteiger charge is -2.15. The van der Waals surface area contributed by atoms with E-state index in [0.29, 0.717) is 27.3 Å². The van der Waals surface area contributed by atoms with Crippen LogP contribution in [0.3, 0.4) is 0 Å². The van der Waals surface area contributed by atoms with Crippen molar-refractivity contribution >= 4 is 52.1 Å². The molecule has 0 radical (unpaired) electrons. The molecule has 0 saturated heterocycles. The van der Waals surface area contributed by atoms with Crippen LogP contribution in [-0.2, 0) is 0 Å². The van der Waals surface area contributed by atoms with Gasteiger partial charge in [0.2, 0.25) is 0 Å². The minimum atomic E-state index is 0.446. The molecule has 0 aromatic heterocycles. The molecule has 0 fully saturated rings. The van der Waals surface area contributed by atoms with Gasteiger partial charge in [-0.1, -0.05) is 11.6 Å². The van der Waals surface area contributed by atoms with Crippen molar-refractivity contribution in [1.82, 2.24) is 0 Å². The van der Waals surface area contributed by atoms with Crippen LogP contribution in [0.15, 0.2) is 41.3 Å². The smallest absolute Gasteiger partial charge is 0.175 e. The molecular weight excluding hydrogens is 352 g/mol. The van der Waals surface area contributed by atoms with E-state index in [-0.39, 0.29) is 0 Å². The fourth-order valence-corrected chi connectivity index (χ4v) is 2.79. The highest BCUT2D eigenvalue weighted by molar-refractivity contribution is 7.98. The van der Waals surface area contributed by atoms with E-state index in [0.717, 1.165) is 5.69 Å². The van der Waals surface area contributed by atoms with Gasteiger partial charge in [-0.2, -0.15) is 0 Å². The first kappa shape index (κ1) is 17.7. The molecule has 7 heteroatoms. The van der Waals surface area contributed by atoms with Crippen molar-refractivity contribution in [1.29, 1.82) is 0 Å². The molecule has 2 aromatic carbocycles. The Labute approximate surface area is 150 Å². The van der Waals surface area contributed by atoms with Crippen LogP contribution in [-0.4, -0.2) is 25.6 Å².